The summed E-state index contributed by atoms with van der Waals surface area (Å²) in [7, 11) is 5.23. The fourth-order valence-electron chi connectivity index (χ4n) is 0.545. The van der Waals surface area contributed by atoms with Crippen LogP contribution in [0.3, 0.4) is 0 Å². The molecule has 0 fully saturated rings. The van der Waals surface area contributed by atoms with Crippen molar-refractivity contribution in [2.75, 3.05) is 0 Å². The number of aromatic nitrogens is 1. The van der Waals surface area contributed by atoms with E-state index in [9.17, 15) is 10.1 Å². The van der Waals surface area contributed by atoms with Crippen LogP contribution in [0.4, 0.5) is 5.69 Å². The summed E-state index contributed by atoms with van der Waals surface area (Å²) in [5, 5.41) is 10.1. The lowest BCUT2D eigenvalue weighted by molar-refractivity contribution is -0.385. The predicted molar refractivity (Wildman–Crippen MR) is 36.3 cm³/mol. The van der Waals surface area contributed by atoms with Gasteiger partial charge in [0.25, 0.3) is 5.69 Å². The number of pyridine rings is 1. The Morgan fingerprint density at radius 3 is 2.70 bits per heavy atom. The molecule has 1 heterocycles. The molecule has 1 aromatic heterocycles. The van der Waals surface area contributed by atoms with Crippen molar-refractivity contribution in [3.05, 3.63) is 28.6 Å². The molecular weight excluding hydrogens is 131 g/mol. The van der Waals surface area contributed by atoms with Crippen molar-refractivity contribution in [2.45, 2.75) is 0 Å². The van der Waals surface area contributed by atoms with Gasteiger partial charge in [-0.1, -0.05) is 5.46 Å². The fraction of sp³-hybridized carbons (Fsp3) is 0. The van der Waals surface area contributed by atoms with Gasteiger partial charge in [0.1, 0.15) is 14.0 Å². The fourth-order valence-corrected chi connectivity index (χ4v) is 0.545. The summed E-state index contributed by atoms with van der Waals surface area (Å²) in [6, 6.07) is 1.26. The Labute approximate surface area is 58.5 Å². The van der Waals surface area contributed by atoms with Gasteiger partial charge in [0.15, 0.2) is 0 Å². The van der Waals surface area contributed by atoms with E-state index < -0.39 is 4.92 Å². The Morgan fingerprint density at radius 1 is 1.60 bits per heavy atom. The Bertz CT molecular complexity index is 264. The zero-order valence-electron chi connectivity index (χ0n) is 5.02. The van der Waals surface area contributed by atoms with E-state index in [1.54, 1.807) is 0 Å². The van der Waals surface area contributed by atoms with E-state index in [1.165, 1.54) is 12.3 Å². The van der Waals surface area contributed by atoms with Crippen molar-refractivity contribution in [1.29, 1.82) is 0 Å². The Kier molecular flexibility index (Phi) is 1.66. The van der Waals surface area contributed by atoms with Gasteiger partial charge >= 0.3 is 0 Å². The summed E-state index contributed by atoms with van der Waals surface area (Å²) in [5.74, 6) is 0. The summed E-state index contributed by atoms with van der Waals surface area (Å²) >= 11 is 0. The highest BCUT2D eigenvalue weighted by Gasteiger charge is 2.02. The molecule has 0 bridgehead atoms. The molecule has 0 saturated carbocycles. The monoisotopic (exact) mass is 134 g/mol. The summed E-state index contributed by atoms with van der Waals surface area (Å²) in [6.07, 6.45) is 2.50. The Balaban J connectivity index is 3.07. The molecule has 0 aromatic carbocycles. The molecule has 0 atom stereocenters. The normalized spacial score (nSPS) is 9.20. The van der Waals surface area contributed by atoms with E-state index in [-0.39, 0.29) is 5.69 Å². The van der Waals surface area contributed by atoms with Crippen LogP contribution in [0, 0.1) is 10.1 Å². The van der Waals surface area contributed by atoms with Crippen LogP contribution in [-0.2, 0) is 0 Å². The first-order chi connectivity index (χ1) is 4.70. The zero-order valence-corrected chi connectivity index (χ0v) is 5.02. The molecule has 4 nitrogen and oxygen atoms in total. The molecule has 0 aliphatic rings. The SMILES string of the molecule is [B]c1cncc([N+](=O)[O-])c1. The van der Waals surface area contributed by atoms with E-state index in [4.69, 9.17) is 7.85 Å². The first-order valence-corrected chi connectivity index (χ1v) is 2.55. The number of hydrogen-bond acceptors (Lipinski definition) is 3. The summed E-state index contributed by atoms with van der Waals surface area (Å²) in [4.78, 5) is 13.1. The quantitative estimate of drug-likeness (QED) is 0.303. The third kappa shape index (κ3) is 1.31. The van der Waals surface area contributed by atoms with Crippen LogP contribution in [0.5, 0.6) is 0 Å². The van der Waals surface area contributed by atoms with Gasteiger partial charge in [0.05, 0.1) is 4.92 Å². The molecule has 1 aromatic rings. The highest BCUT2D eigenvalue weighted by molar-refractivity contribution is 6.32. The van der Waals surface area contributed by atoms with Crippen molar-refractivity contribution in [1.82, 2.24) is 4.98 Å². The van der Waals surface area contributed by atoms with E-state index in [2.05, 4.69) is 4.98 Å². The summed E-state index contributed by atoms with van der Waals surface area (Å²) in [6.45, 7) is 0. The van der Waals surface area contributed by atoms with Crippen LogP contribution < -0.4 is 5.46 Å². The largest absolute Gasteiger partial charge is 0.286 e. The summed E-state index contributed by atoms with van der Waals surface area (Å²) in [5.41, 5.74) is 0.217. The lowest BCUT2D eigenvalue weighted by atomic mass is 9.99. The van der Waals surface area contributed by atoms with Gasteiger partial charge in [-0.15, -0.1) is 0 Å². The molecule has 0 N–H and O–H groups in total. The van der Waals surface area contributed by atoms with Gasteiger partial charge in [-0.3, -0.25) is 15.1 Å². The van der Waals surface area contributed by atoms with Crippen molar-refractivity contribution >= 4 is 19.0 Å². The average Bonchev–Trinajstić information content (AvgIpc) is 1.88. The first-order valence-electron chi connectivity index (χ1n) is 2.55. The van der Waals surface area contributed by atoms with Gasteiger partial charge in [-0.2, -0.15) is 0 Å². The minimum absolute atomic E-state index is 0.0833. The van der Waals surface area contributed by atoms with Gasteiger partial charge in [0, 0.05) is 12.3 Å². The standard InChI is InChI=1S/C5H3BN2O2/c6-4-1-5(8(9)10)3-7-2-4/h1-3H. The highest BCUT2D eigenvalue weighted by Crippen LogP contribution is 2.02. The maximum atomic E-state index is 10.1. The molecule has 0 aliphatic heterocycles. The van der Waals surface area contributed by atoms with Crippen LogP contribution in [-0.4, -0.2) is 17.8 Å². The molecule has 0 saturated heterocycles. The van der Waals surface area contributed by atoms with E-state index >= 15 is 0 Å². The van der Waals surface area contributed by atoms with Gasteiger partial charge in [-0.05, 0) is 0 Å². The van der Waals surface area contributed by atoms with Crippen LogP contribution >= 0.6 is 0 Å². The lowest BCUT2D eigenvalue weighted by Gasteiger charge is -1.90. The van der Waals surface area contributed by atoms with Gasteiger partial charge in [-0.25, -0.2) is 0 Å². The second-order valence-corrected chi connectivity index (χ2v) is 1.73. The van der Waals surface area contributed by atoms with E-state index in [1.807, 2.05) is 0 Å². The number of nitro groups is 1. The molecule has 10 heavy (non-hydrogen) atoms. The van der Waals surface area contributed by atoms with Gasteiger partial charge < -0.3 is 0 Å². The van der Waals surface area contributed by atoms with Crippen LogP contribution in [0.1, 0.15) is 0 Å². The van der Waals surface area contributed by atoms with Crippen molar-refractivity contribution < 1.29 is 4.92 Å². The number of nitrogens with zero attached hydrogens (tertiary/aromatic N) is 2. The highest BCUT2D eigenvalue weighted by atomic mass is 16.6. The smallest absolute Gasteiger partial charge is 0.258 e. The van der Waals surface area contributed by atoms with Crippen LogP contribution in [0.25, 0.3) is 0 Å². The zero-order chi connectivity index (χ0) is 7.56. The molecule has 0 amide bonds. The second-order valence-electron chi connectivity index (χ2n) is 1.73. The second kappa shape index (κ2) is 2.47. The Morgan fingerprint density at radius 2 is 2.30 bits per heavy atom. The molecule has 0 aliphatic carbocycles. The minimum atomic E-state index is -0.538. The van der Waals surface area contributed by atoms with Crippen LogP contribution in [0.15, 0.2) is 18.5 Å². The molecule has 2 radical (unpaired) electrons. The molecule has 48 valence electrons. The van der Waals surface area contributed by atoms with Gasteiger partial charge in [0.2, 0.25) is 0 Å². The Hall–Kier alpha value is -1.39. The van der Waals surface area contributed by atoms with E-state index in [0.29, 0.717) is 5.46 Å². The molecule has 5 heteroatoms. The molecule has 0 unspecified atom stereocenters. The van der Waals surface area contributed by atoms with Crippen molar-refractivity contribution in [3.8, 4) is 0 Å². The van der Waals surface area contributed by atoms with Crippen molar-refractivity contribution in [3.63, 3.8) is 0 Å². The maximum absolute atomic E-state index is 10.1. The molecular formula is C5H3BN2O2. The number of hydrogen-bond donors (Lipinski definition) is 0. The third-order valence-electron chi connectivity index (χ3n) is 0.956. The summed E-state index contributed by atoms with van der Waals surface area (Å²) < 4.78 is 0. The minimum Gasteiger partial charge on any atom is -0.258 e. The molecule has 0 spiro atoms. The van der Waals surface area contributed by atoms with Crippen molar-refractivity contribution in [2.24, 2.45) is 0 Å². The third-order valence-corrected chi connectivity index (χ3v) is 0.956. The maximum Gasteiger partial charge on any atom is 0.286 e. The number of rotatable bonds is 1. The van der Waals surface area contributed by atoms with E-state index in [0.717, 1.165) is 6.20 Å². The van der Waals surface area contributed by atoms with Crippen LogP contribution in [0.2, 0.25) is 0 Å². The predicted octanol–water partition coefficient (Wildman–Crippen LogP) is -0.216. The topological polar surface area (TPSA) is 56.0 Å². The average molecular weight is 134 g/mol. The molecule has 1 rings (SSSR count). The first kappa shape index (κ1) is 6.73. The lowest BCUT2D eigenvalue weighted by Crippen LogP contribution is -2.03.